The monoisotopic (exact) mass is 236 g/mol. The maximum absolute atomic E-state index is 10.5. The van der Waals surface area contributed by atoms with Gasteiger partial charge in [0.05, 0.1) is 10.7 Å². The number of hydrogen-bond donors (Lipinski definition) is 3. The Labute approximate surface area is 86.8 Å². The summed E-state index contributed by atoms with van der Waals surface area (Å²) < 4.78 is 31.3. The SMILES string of the molecule is NCc1ccc(NS(=O)(=O)O)c(Cl)c1. The fourth-order valence-electron chi connectivity index (χ4n) is 0.907. The first-order valence-corrected chi connectivity index (χ1v) is 5.48. The Bertz CT molecular complexity index is 433. The molecule has 0 heterocycles. The molecular weight excluding hydrogens is 228 g/mol. The summed E-state index contributed by atoms with van der Waals surface area (Å²) in [4.78, 5) is 0. The topological polar surface area (TPSA) is 92.4 Å². The third-order valence-corrected chi connectivity index (χ3v) is 2.30. The smallest absolute Gasteiger partial charge is 0.326 e. The van der Waals surface area contributed by atoms with Crippen LogP contribution in [0.1, 0.15) is 5.56 Å². The molecule has 1 aromatic rings. The largest absolute Gasteiger partial charge is 0.357 e. The zero-order chi connectivity index (χ0) is 10.8. The molecule has 0 bridgehead atoms. The van der Waals surface area contributed by atoms with E-state index in [-0.39, 0.29) is 10.7 Å². The van der Waals surface area contributed by atoms with Gasteiger partial charge >= 0.3 is 10.3 Å². The third-order valence-electron chi connectivity index (χ3n) is 1.51. The molecule has 1 aromatic carbocycles. The van der Waals surface area contributed by atoms with Gasteiger partial charge in [-0.1, -0.05) is 17.7 Å². The van der Waals surface area contributed by atoms with Crippen molar-refractivity contribution in [1.29, 1.82) is 0 Å². The van der Waals surface area contributed by atoms with Crippen molar-refractivity contribution in [3.63, 3.8) is 0 Å². The predicted molar refractivity (Wildman–Crippen MR) is 54.5 cm³/mol. The van der Waals surface area contributed by atoms with Crippen LogP contribution in [0.25, 0.3) is 0 Å². The minimum atomic E-state index is -4.28. The first-order valence-electron chi connectivity index (χ1n) is 3.66. The van der Waals surface area contributed by atoms with Gasteiger partial charge in [-0.15, -0.1) is 0 Å². The van der Waals surface area contributed by atoms with Crippen LogP contribution in [0, 0.1) is 0 Å². The number of anilines is 1. The van der Waals surface area contributed by atoms with E-state index in [2.05, 4.69) is 0 Å². The zero-order valence-electron chi connectivity index (χ0n) is 7.07. The molecule has 0 aliphatic carbocycles. The standard InChI is InChI=1S/C7H9ClN2O3S/c8-6-3-5(4-9)1-2-7(6)10-14(11,12)13/h1-3,10H,4,9H2,(H,11,12,13). The highest BCUT2D eigenvalue weighted by molar-refractivity contribution is 7.87. The van der Waals surface area contributed by atoms with Crippen molar-refractivity contribution in [2.24, 2.45) is 5.73 Å². The lowest BCUT2D eigenvalue weighted by Crippen LogP contribution is -2.10. The molecule has 0 aromatic heterocycles. The molecule has 0 aliphatic heterocycles. The normalized spacial score (nSPS) is 11.4. The van der Waals surface area contributed by atoms with Gasteiger partial charge in [0, 0.05) is 6.54 Å². The highest BCUT2D eigenvalue weighted by Gasteiger charge is 2.07. The van der Waals surface area contributed by atoms with Gasteiger partial charge < -0.3 is 5.73 Å². The molecule has 4 N–H and O–H groups in total. The molecule has 1 rings (SSSR count). The van der Waals surface area contributed by atoms with Crippen LogP contribution >= 0.6 is 11.6 Å². The Kier molecular flexibility index (Phi) is 3.33. The summed E-state index contributed by atoms with van der Waals surface area (Å²) in [5.41, 5.74) is 6.24. The lowest BCUT2D eigenvalue weighted by Gasteiger charge is -2.06. The van der Waals surface area contributed by atoms with Crippen molar-refractivity contribution < 1.29 is 13.0 Å². The van der Waals surface area contributed by atoms with Crippen LogP contribution in [0.4, 0.5) is 5.69 Å². The van der Waals surface area contributed by atoms with Crippen LogP contribution < -0.4 is 10.5 Å². The number of rotatable bonds is 3. The first kappa shape index (κ1) is 11.3. The zero-order valence-corrected chi connectivity index (χ0v) is 8.64. The quantitative estimate of drug-likeness (QED) is 0.683. The molecule has 0 spiro atoms. The van der Waals surface area contributed by atoms with Crippen LogP contribution in [0.2, 0.25) is 5.02 Å². The van der Waals surface area contributed by atoms with Gasteiger partial charge in [-0.05, 0) is 17.7 Å². The second-order valence-corrected chi connectivity index (χ2v) is 4.16. The van der Waals surface area contributed by atoms with Crippen LogP contribution in [0.15, 0.2) is 18.2 Å². The van der Waals surface area contributed by atoms with Crippen molar-refractivity contribution in [3.8, 4) is 0 Å². The number of nitrogens with two attached hydrogens (primary N) is 1. The summed E-state index contributed by atoms with van der Waals surface area (Å²) in [7, 11) is -4.28. The van der Waals surface area contributed by atoms with Gasteiger partial charge in [0.15, 0.2) is 0 Å². The molecule has 14 heavy (non-hydrogen) atoms. The summed E-state index contributed by atoms with van der Waals surface area (Å²) in [6.07, 6.45) is 0. The minimum absolute atomic E-state index is 0.117. The van der Waals surface area contributed by atoms with E-state index in [1.807, 2.05) is 4.72 Å². The average Bonchev–Trinajstić information content (AvgIpc) is 2.06. The van der Waals surface area contributed by atoms with Crippen LogP contribution in [-0.2, 0) is 16.8 Å². The van der Waals surface area contributed by atoms with E-state index in [0.29, 0.717) is 6.54 Å². The van der Waals surface area contributed by atoms with Crippen LogP contribution in [0.3, 0.4) is 0 Å². The van der Waals surface area contributed by atoms with E-state index in [9.17, 15) is 8.42 Å². The Morgan fingerprint density at radius 1 is 1.50 bits per heavy atom. The van der Waals surface area contributed by atoms with Crippen LogP contribution in [0.5, 0.6) is 0 Å². The van der Waals surface area contributed by atoms with Gasteiger partial charge in [0.25, 0.3) is 0 Å². The van der Waals surface area contributed by atoms with Gasteiger partial charge in [-0.3, -0.25) is 9.27 Å². The highest BCUT2D eigenvalue weighted by atomic mass is 35.5. The van der Waals surface area contributed by atoms with Gasteiger partial charge in [-0.25, -0.2) is 0 Å². The highest BCUT2D eigenvalue weighted by Crippen LogP contribution is 2.23. The Balaban J connectivity index is 3.01. The Morgan fingerprint density at radius 2 is 2.14 bits per heavy atom. The lowest BCUT2D eigenvalue weighted by atomic mass is 10.2. The van der Waals surface area contributed by atoms with E-state index in [0.717, 1.165) is 5.56 Å². The van der Waals surface area contributed by atoms with E-state index in [4.69, 9.17) is 21.9 Å². The molecular formula is C7H9ClN2O3S. The maximum Gasteiger partial charge on any atom is 0.357 e. The Morgan fingerprint density at radius 3 is 2.57 bits per heavy atom. The van der Waals surface area contributed by atoms with Gasteiger partial charge in [0.2, 0.25) is 0 Å². The third kappa shape index (κ3) is 3.15. The lowest BCUT2D eigenvalue weighted by molar-refractivity contribution is 0.489. The number of nitrogens with one attached hydrogen (secondary N) is 1. The number of hydrogen-bond acceptors (Lipinski definition) is 3. The molecule has 0 saturated heterocycles. The fourth-order valence-corrected chi connectivity index (χ4v) is 1.67. The van der Waals surface area contributed by atoms with E-state index < -0.39 is 10.3 Å². The second kappa shape index (κ2) is 4.14. The molecule has 7 heteroatoms. The number of benzene rings is 1. The summed E-state index contributed by atoms with van der Waals surface area (Å²) in [6, 6.07) is 4.56. The predicted octanol–water partition coefficient (Wildman–Crippen LogP) is 1.01. The first-order chi connectivity index (χ1) is 6.42. The average molecular weight is 237 g/mol. The van der Waals surface area contributed by atoms with Crippen molar-refractivity contribution in [3.05, 3.63) is 28.8 Å². The van der Waals surface area contributed by atoms with Gasteiger partial charge in [0.1, 0.15) is 0 Å². The maximum atomic E-state index is 10.5. The summed E-state index contributed by atoms with van der Waals surface area (Å²) >= 11 is 5.72. The van der Waals surface area contributed by atoms with E-state index in [1.165, 1.54) is 12.1 Å². The molecule has 0 unspecified atom stereocenters. The fraction of sp³-hybridized carbons (Fsp3) is 0.143. The molecule has 0 fully saturated rings. The summed E-state index contributed by atoms with van der Waals surface area (Å²) in [6.45, 7) is 0.311. The second-order valence-electron chi connectivity index (χ2n) is 2.60. The molecule has 5 nitrogen and oxygen atoms in total. The molecule has 0 atom stereocenters. The van der Waals surface area contributed by atoms with Crippen molar-refractivity contribution in [2.75, 3.05) is 4.72 Å². The molecule has 0 amide bonds. The summed E-state index contributed by atoms with van der Waals surface area (Å²) in [5, 5.41) is 0.186. The van der Waals surface area contributed by atoms with Crippen LogP contribution in [-0.4, -0.2) is 13.0 Å². The summed E-state index contributed by atoms with van der Waals surface area (Å²) in [5.74, 6) is 0. The van der Waals surface area contributed by atoms with E-state index >= 15 is 0 Å². The van der Waals surface area contributed by atoms with Gasteiger partial charge in [-0.2, -0.15) is 8.42 Å². The van der Waals surface area contributed by atoms with Crippen molar-refractivity contribution in [2.45, 2.75) is 6.54 Å². The van der Waals surface area contributed by atoms with E-state index in [1.54, 1.807) is 6.07 Å². The number of halogens is 1. The molecule has 0 saturated carbocycles. The molecule has 0 radical (unpaired) electrons. The molecule has 78 valence electrons. The minimum Gasteiger partial charge on any atom is -0.326 e. The Hall–Kier alpha value is -0.820. The molecule has 0 aliphatic rings. The van der Waals surface area contributed by atoms with Crippen molar-refractivity contribution in [1.82, 2.24) is 0 Å². The van der Waals surface area contributed by atoms with Crippen molar-refractivity contribution >= 4 is 27.6 Å².